The van der Waals surface area contributed by atoms with E-state index in [9.17, 15) is 57.5 Å². The molecule has 23 heteroatoms. The van der Waals surface area contributed by atoms with Crippen LogP contribution in [0.15, 0.2) is 42.6 Å². The van der Waals surface area contributed by atoms with Gasteiger partial charge >= 0.3 is 19.8 Å². The number of carbonyl (C=O) groups excluding carboxylic acids is 9. The molecule has 1 aromatic rings. The van der Waals surface area contributed by atoms with Gasteiger partial charge in [-0.25, -0.2) is 14.2 Å². The normalized spacial score (nSPS) is 15.0. The summed E-state index contributed by atoms with van der Waals surface area (Å²) in [5, 5.41) is 12.2. The van der Waals surface area contributed by atoms with E-state index in [0.717, 1.165) is 9.80 Å². The van der Waals surface area contributed by atoms with E-state index in [0.29, 0.717) is 5.56 Å². The molecule has 7 N–H and O–H groups in total. The van der Waals surface area contributed by atoms with Crippen molar-refractivity contribution in [3.63, 3.8) is 0 Å². The number of esters is 2. The number of carbonyl (C=O) groups is 9. The van der Waals surface area contributed by atoms with Crippen LogP contribution in [0.2, 0.25) is 0 Å². The van der Waals surface area contributed by atoms with E-state index in [-0.39, 0.29) is 25.2 Å². The molecule has 67 heavy (non-hydrogen) atoms. The number of nitrogens with one attached hydrogen (secondary N) is 5. The predicted molar refractivity (Wildman–Crippen MR) is 244 cm³/mol. The van der Waals surface area contributed by atoms with Crippen LogP contribution in [0.25, 0.3) is 0 Å². The average Bonchev–Trinajstić information content (AvgIpc) is 3.25. The zero-order valence-corrected chi connectivity index (χ0v) is 41.5. The molecule has 0 bridgehead atoms. The van der Waals surface area contributed by atoms with Crippen LogP contribution < -0.4 is 26.6 Å². The summed E-state index contributed by atoms with van der Waals surface area (Å²) in [5.41, 5.74) is 0.192. The first-order valence-corrected chi connectivity index (χ1v) is 23.3. The van der Waals surface area contributed by atoms with Gasteiger partial charge in [-0.3, -0.25) is 38.1 Å². The number of ether oxygens (including phenoxy) is 2. The maximum atomic E-state index is 13.9. The molecule has 8 atom stereocenters. The van der Waals surface area contributed by atoms with Crippen molar-refractivity contribution in [3.05, 3.63) is 48.2 Å². The van der Waals surface area contributed by atoms with Crippen molar-refractivity contribution < 1.29 is 71.5 Å². The molecular formula is C44H70N7O15P. The van der Waals surface area contributed by atoms with Gasteiger partial charge in [-0.05, 0) is 43.6 Å². The van der Waals surface area contributed by atoms with E-state index in [1.807, 2.05) is 13.8 Å². The van der Waals surface area contributed by atoms with Gasteiger partial charge in [0.15, 0.2) is 12.1 Å². The van der Waals surface area contributed by atoms with Gasteiger partial charge in [0.1, 0.15) is 42.1 Å². The van der Waals surface area contributed by atoms with E-state index in [2.05, 4.69) is 33.2 Å². The minimum absolute atomic E-state index is 0.0260. The highest BCUT2D eigenvalue weighted by atomic mass is 31.2. The minimum atomic E-state index is -5.20. The van der Waals surface area contributed by atoms with Crippen LogP contribution in [0.4, 0.5) is 0 Å². The number of benzene rings is 1. The zero-order chi connectivity index (χ0) is 51.7. The van der Waals surface area contributed by atoms with Crippen molar-refractivity contribution in [3.8, 4) is 0 Å². The van der Waals surface area contributed by atoms with E-state index >= 15 is 0 Å². The Kier molecular flexibility index (Phi) is 24.1. The maximum absolute atomic E-state index is 13.9. The van der Waals surface area contributed by atoms with Crippen LogP contribution in [0.5, 0.6) is 0 Å². The third-order valence-corrected chi connectivity index (χ3v) is 10.9. The summed E-state index contributed by atoms with van der Waals surface area (Å²) in [6, 6.07) is 1.53. The number of hydrogen-bond donors (Lipinski definition) is 7. The number of amides is 7. The smallest absolute Gasteiger partial charge is 0.458 e. The van der Waals surface area contributed by atoms with Crippen molar-refractivity contribution >= 4 is 61.1 Å². The fourth-order valence-electron chi connectivity index (χ4n) is 6.48. The highest BCUT2D eigenvalue weighted by molar-refractivity contribution is 7.46. The number of likely N-dealkylation sites (N-methyl/N-ethyl adjacent to an activating group) is 3. The molecule has 0 unspecified atom stereocenters. The van der Waals surface area contributed by atoms with Gasteiger partial charge in [0.25, 0.3) is 11.8 Å². The van der Waals surface area contributed by atoms with Crippen LogP contribution in [-0.2, 0) is 68.1 Å². The maximum Gasteiger partial charge on any atom is 0.469 e. The molecule has 0 heterocycles. The fraction of sp³-hybridized carbons (Fsp3) is 0.614. The highest BCUT2D eigenvalue weighted by Crippen LogP contribution is 2.40. The Bertz CT molecular complexity index is 1980. The van der Waals surface area contributed by atoms with Gasteiger partial charge in [0.2, 0.25) is 29.5 Å². The molecule has 0 saturated heterocycles. The number of hydrogen-bond acceptors (Lipinski definition) is 13. The second-order valence-corrected chi connectivity index (χ2v) is 18.3. The van der Waals surface area contributed by atoms with E-state index in [1.54, 1.807) is 44.2 Å². The molecule has 7 amide bonds. The van der Waals surface area contributed by atoms with Gasteiger partial charge in [-0.2, -0.15) is 0 Å². The SMILES string of the molecule is C=C(C(=O)N[C@@H](C)C(=O)N(C)[C@@H](C)C(=O)N[C@H](C(=O)NC)[C@H](OC(=O)[C@@H](NC(=O)CC)[C@H](OP(=O)(O)O)C(C)C)C(C)C)N(C)C(=O)[C@@H](Cc1ccccc1)OC(=O)[C@H](CC(C)C)NC(C)=O. The second kappa shape index (κ2) is 27.2. The summed E-state index contributed by atoms with van der Waals surface area (Å²) in [7, 11) is -1.47. The first-order valence-electron chi connectivity index (χ1n) is 21.8. The lowest BCUT2D eigenvalue weighted by atomic mass is 9.96. The van der Waals surface area contributed by atoms with Gasteiger partial charge in [0.05, 0.1) is 0 Å². The standard InChI is InChI=1S/C44H70N7O15P/c1-15-33(53)48-35(37(25(6)7)66-67(61,62)63)44(60)65-36(24(4)5)34(40(56)45-12)49-39(55)28(10)50(13)41(57)26(8)46-38(54)27(9)51(14)42(58)32(22-30-19-17-16-18-20-30)64-43(59)31(21-23(2)3)47-29(11)52/h16-20,23-26,28,31-32,34-37H,9,15,21-22H2,1-8,10-14H3,(H,45,56)(H,46,54)(H,47,52)(H,48,53)(H,49,55)(H2,61,62,63)/t26-,28-,31-,32+,34-,35-,36+,37+/m0/s1. The fourth-order valence-corrected chi connectivity index (χ4v) is 7.16. The molecule has 0 radical (unpaired) electrons. The molecule has 376 valence electrons. The lowest BCUT2D eigenvalue weighted by Gasteiger charge is -2.35. The number of nitrogens with zero attached hydrogens (tertiary/aromatic N) is 2. The zero-order valence-electron chi connectivity index (χ0n) is 40.6. The van der Waals surface area contributed by atoms with Gasteiger partial charge < -0.3 is 55.6 Å². The molecule has 0 spiro atoms. The first kappa shape index (κ1) is 59.3. The van der Waals surface area contributed by atoms with Crippen LogP contribution >= 0.6 is 7.82 Å². The Morgan fingerprint density at radius 2 is 1.31 bits per heavy atom. The van der Waals surface area contributed by atoms with Crippen molar-refractivity contribution in [2.24, 2.45) is 17.8 Å². The molecular weight excluding hydrogens is 897 g/mol. The van der Waals surface area contributed by atoms with Crippen LogP contribution in [-0.4, -0.2) is 143 Å². The van der Waals surface area contributed by atoms with Gasteiger partial charge in [-0.1, -0.05) is 85.4 Å². The van der Waals surface area contributed by atoms with Crippen LogP contribution in [0.1, 0.15) is 87.6 Å². The Labute approximate surface area is 392 Å². The molecule has 0 fully saturated rings. The van der Waals surface area contributed by atoms with Gasteiger partial charge in [0, 0.05) is 40.9 Å². The minimum Gasteiger partial charge on any atom is -0.458 e. The summed E-state index contributed by atoms with van der Waals surface area (Å²) >= 11 is 0. The molecule has 0 aliphatic rings. The highest BCUT2D eigenvalue weighted by Gasteiger charge is 2.43. The Hall–Kier alpha value is -5.70. The number of rotatable bonds is 26. The molecule has 22 nitrogen and oxygen atoms in total. The van der Waals surface area contributed by atoms with E-state index in [1.165, 1.54) is 62.7 Å². The quantitative estimate of drug-likeness (QED) is 0.0385. The first-order chi connectivity index (χ1) is 31.0. The van der Waals surface area contributed by atoms with Crippen molar-refractivity contribution in [2.45, 2.75) is 137 Å². The number of phosphoric acid groups is 1. The molecule has 1 aromatic carbocycles. The molecule has 1 rings (SSSR count). The lowest BCUT2D eigenvalue weighted by Crippen LogP contribution is -2.61. The summed E-state index contributed by atoms with van der Waals surface area (Å²) in [4.78, 5) is 140. The van der Waals surface area contributed by atoms with Crippen molar-refractivity contribution in [1.82, 2.24) is 36.4 Å². The predicted octanol–water partition coefficient (Wildman–Crippen LogP) is 0.843. The lowest BCUT2D eigenvalue weighted by molar-refractivity contribution is -0.163. The Morgan fingerprint density at radius 3 is 1.79 bits per heavy atom. The largest absolute Gasteiger partial charge is 0.469 e. The van der Waals surface area contributed by atoms with Crippen molar-refractivity contribution in [2.75, 3.05) is 21.1 Å². The Morgan fingerprint density at radius 1 is 0.746 bits per heavy atom. The average molecular weight is 968 g/mol. The summed E-state index contributed by atoms with van der Waals surface area (Å²) in [5.74, 6) is -9.07. The van der Waals surface area contributed by atoms with E-state index in [4.69, 9.17) is 14.0 Å². The summed E-state index contributed by atoms with van der Waals surface area (Å²) in [6.07, 6.45) is -4.49. The molecule has 0 aliphatic carbocycles. The molecule has 0 saturated carbocycles. The second-order valence-electron chi connectivity index (χ2n) is 17.1. The monoisotopic (exact) mass is 967 g/mol. The summed E-state index contributed by atoms with van der Waals surface area (Å²) in [6.45, 7) is 18.8. The molecule has 0 aromatic heterocycles. The summed E-state index contributed by atoms with van der Waals surface area (Å²) < 4.78 is 28.1. The van der Waals surface area contributed by atoms with E-state index < -0.39 is 127 Å². The number of phosphoric ester groups is 1. The third kappa shape index (κ3) is 19.2. The third-order valence-electron chi connectivity index (χ3n) is 10.4. The molecule has 0 aliphatic heterocycles. The topological polar surface area (TPSA) is 305 Å². The van der Waals surface area contributed by atoms with Gasteiger partial charge in [-0.15, -0.1) is 0 Å². The Balaban J connectivity index is 3.30. The van der Waals surface area contributed by atoms with Crippen molar-refractivity contribution in [1.29, 1.82) is 0 Å². The van der Waals surface area contributed by atoms with Crippen LogP contribution in [0, 0.1) is 17.8 Å². The van der Waals surface area contributed by atoms with Crippen LogP contribution in [0.3, 0.4) is 0 Å².